The predicted molar refractivity (Wildman–Crippen MR) is 94.5 cm³/mol. The van der Waals surface area contributed by atoms with Crippen LogP contribution in [0.1, 0.15) is 39.9 Å². The Kier molecular flexibility index (Phi) is 3.81. The predicted octanol–water partition coefficient (Wildman–Crippen LogP) is 2.33. The van der Waals surface area contributed by atoms with Crippen LogP contribution in [0.4, 0.5) is 5.69 Å². The summed E-state index contributed by atoms with van der Waals surface area (Å²) in [4.78, 5) is 29.1. The standard InChI is InChI=1S/C20H20N2O3/c1-21-12-16(13-6-2-3-7-14(13)19(21)24)20(25)22-11-10-18(23)15-8-4-5-9-17(15)22/h2-9,16,18,23H,10-12H2,1H3. The molecule has 0 spiro atoms. The molecule has 2 aliphatic rings. The molecule has 2 aromatic carbocycles. The average Bonchev–Trinajstić information content (AvgIpc) is 2.65. The number of fused-ring (bicyclic) bond motifs is 2. The molecule has 25 heavy (non-hydrogen) atoms. The number of anilines is 1. The van der Waals surface area contributed by atoms with Gasteiger partial charge in [-0.05, 0) is 24.1 Å². The van der Waals surface area contributed by atoms with E-state index >= 15 is 0 Å². The number of hydrogen-bond donors (Lipinski definition) is 1. The molecule has 0 aromatic heterocycles. The molecular formula is C20H20N2O3. The summed E-state index contributed by atoms with van der Waals surface area (Å²) in [7, 11) is 1.73. The zero-order valence-corrected chi connectivity index (χ0v) is 14.1. The maximum Gasteiger partial charge on any atom is 0.253 e. The lowest BCUT2D eigenvalue weighted by atomic mass is 9.87. The van der Waals surface area contributed by atoms with E-state index in [1.54, 1.807) is 22.9 Å². The van der Waals surface area contributed by atoms with Crippen LogP contribution >= 0.6 is 0 Å². The lowest BCUT2D eigenvalue weighted by Crippen LogP contribution is -2.46. The largest absolute Gasteiger partial charge is 0.388 e. The topological polar surface area (TPSA) is 60.9 Å². The van der Waals surface area contributed by atoms with E-state index in [2.05, 4.69) is 0 Å². The number of hydrogen-bond acceptors (Lipinski definition) is 3. The van der Waals surface area contributed by atoms with Gasteiger partial charge in [0.05, 0.1) is 12.0 Å². The molecule has 0 radical (unpaired) electrons. The van der Waals surface area contributed by atoms with Crippen molar-refractivity contribution in [2.24, 2.45) is 0 Å². The van der Waals surface area contributed by atoms with Gasteiger partial charge >= 0.3 is 0 Å². The minimum absolute atomic E-state index is 0.0221. The highest BCUT2D eigenvalue weighted by Gasteiger charge is 2.37. The van der Waals surface area contributed by atoms with Gasteiger partial charge in [-0.15, -0.1) is 0 Å². The van der Waals surface area contributed by atoms with E-state index in [9.17, 15) is 14.7 Å². The molecule has 128 valence electrons. The van der Waals surface area contributed by atoms with Gasteiger partial charge in [0.2, 0.25) is 5.91 Å². The molecule has 2 heterocycles. The highest BCUT2D eigenvalue weighted by molar-refractivity contribution is 6.05. The molecule has 5 nitrogen and oxygen atoms in total. The molecule has 1 N–H and O–H groups in total. The number of aliphatic hydroxyl groups excluding tert-OH is 1. The van der Waals surface area contributed by atoms with E-state index in [0.29, 0.717) is 25.1 Å². The van der Waals surface area contributed by atoms with Crippen LogP contribution in [-0.2, 0) is 4.79 Å². The molecular weight excluding hydrogens is 316 g/mol. The molecule has 0 bridgehead atoms. The van der Waals surface area contributed by atoms with Gasteiger partial charge in [0.25, 0.3) is 5.91 Å². The van der Waals surface area contributed by atoms with Crippen LogP contribution in [0.25, 0.3) is 0 Å². The molecule has 5 heteroatoms. The third-order valence-corrected chi connectivity index (χ3v) is 5.15. The van der Waals surface area contributed by atoms with Crippen molar-refractivity contribution in [1.82, 2.24) is 4.90 Å². The van der Waals surface area contributed by atoms with Crippen molar-refractivity contribution in [3.63, 3.8) is 0 Å². The highest BCUT2D eigenvalue weighted by atomic mass is 16.3. The van der Waals surface area contributed by atoms with E-state index in [0.717, 1.165) is 16.8 Å². The quantitative estimate of drug-likeness (QED) is 0.869. The van der Waals surface area contributed by atoms with Crippen LogP contribution < -0.4 is 4.90 Å². The van der Waals surface area contributed by atoms with Crippen molar-refractivity contribution in [3.8, 4) is 0 Å². The van der Waals surface area contributed by atoms with Gasteiger partial charge in [0, 0.05) is 37.0 Å². The second-order valence-electron chi connectivity index (χ2n) is 6.68. The lowest BCUT2D eigenvalue weighted by molar-refractivity contribution is -0.120. The first-order valence-corrected chi connectivity index (χ1v) is 8.50. The molecule has 2 amide bonds. The summed E-state index contributed by atoms with van der Waals surface area (Å²) in [6.45, 7) is 0.850. The minimum Gasteiger partial charge on any atom is -0.388 e. The first kappa shape index (κ1) is 15.8. The van der Waals surface area contributed by atoms with Crippen LogP contribution in [-0.4, -0.2) is 42.0 Å². The molecule has 4 rings (SSSR count). The van der Waals surface area contributed by atoms with Crippen LogP contribution in [0, 0.1) is 0 Å². The summed E-state index contributed by atoms with van der Waals surface area (Å²) in [6.07, 6.45) is -0.0190. The van der Waals surface area contributed by atoms with Crippen molar-refractivity contribution < 1.29 is 14.7 Å². The zero-order chi connectivity index (χ0) is 17.6. The molecule has 2 aromatic rings. The SMILES string of the molecule is CN1CC(C(=O)N2CCC(O)c3ccccc32)c2ccccc2C1=O. The Morgan fingerprint density at radius 2 is 1.76 bits per heavy atom. The van der Waals surface area contributed by atoms with E-state index in [1.807, 2.05) is 42.5 Å². The summed E-state index contributed by atoms with van der Waals surface area (Å²) in [5, 5.41) is 10.2. The number of aliphatic hydroxyl groups is 1. The van der Waals surface area contributed by atoms with Crippen LogP contribution in [0.3, 0.4) is 0 Å². The van der Waals surface area contributed by atoms with Gasteiger partial charge < -0.3 is 14.9 Å². The normalized spacial score (nSPS) is 22.4. The number of amides is 2. The van der Waals surface area contributed by atoms with Gasteiger partial charge in [0.1, 0.15) is 0 Å². The fourth-order valence-corrected chi connectivity index (χ4v) is 3.83. The zero-order valence-electron chi connectivity index (χ0n) is 14.1. The molecule has 2 atom stereocenters. The van der Waals surface area contributed by atoms with E-state index < -0.39 is 6.10 Å². The van der Waals surface area contributed by atoms with Crippen molar-refractivity contribution in [3.05, 3.63) is 65.2 Å². The van der Waals surface area contributed by atoms with Crippen LogP contribution in [0.2, 0.25) is 0 Å². The van der Waals surface area contributed by atoms with Gasteiger partial charge in [-0.3, -0.25) is 9.59 Å². The van der Waals surface area contributed by atoms with E-state index in [4.69, 9.17) is 0 Å². The van der Waals surface area contributed by atoms with Crippen LogP contribution in [0.15, 0.2) is 48.5 Å². The lowest BCUT2D eigenvalue weighted by Gasteiger charge is -2.37. The number of benzene rings is 2. The molecule has 2 unspecified atom stereocenters. The van der Waals surface area contributed by atoms with E-state index in [1.165, 1.54) is 0 Å². The van der Waals surface area contributed by atoms with Gasteiger partial charge in [0.15, 0.2) is 0 Å². The summed E-state index contributed by atoms with van der Waals surface area (Å²) in [5.74, 6) is -0.456. The Bertz CT molecular complexity index is 848. The first-order chi connectivity index (χ1) is 12.1. The fraction of sp³-hybridized carbons (Fsp3) is 0.300. The smallest absolute Gasteiger partial charge is 0.253 e. The summed E-state index contributed by atoms with van der Waals surface area (Å²) >= 11 is 0. The Morgan fingerprint density at radius 3 is 2.56 bits per heavy atom. The summed E-state index contributed by atoms with van der Waals surface area (Å²) in [6, 6.07) is 14.8. The minimum atomic E-state index is -0.539. The maximum absolute atomic E-state index is 13.3. The Balaban J connectivity index is 1.74. The molecule has 0 saturated heterocycles. The summed E-state index contributed by atoms with van der Waals surface area (Å²) in [5.41, 5.74) is 2.94. The van der Waals surface area contributed by atoms with E-state index in [-0.39, 0.29) is 17.7 Å². The van der Waals surface area contributed by atoms with Crippen molar-refractivity contribution in [1.29, 1.82) is 0 Å². The Hall–Kier alpha value is -2.66. The molecule has 0 fully saturated rings. The van der Waals surface area contributed by atoms with Crippen LogP contribution in [0.5, 0.6) is 0 Å². The number of rotatable bonds is 1. The van der Waals surface area contributed by atoms with Crippen molar-refractivity contribution in [2.75, 3.05) is 25.0 Å². The average molecular weight is 336 g/mol. The third-order valence-electron chi connectivity index (χ3n) is 5.15. The van der Waals surface area contributed by atoms with Crippen molar-refractivity contribution in [2.45, 2.75) is 18.4 Å². The van der Waals surface area contributed by atoms with Gasteiger partial charge in [-0.2, -0.15) is 0 Å². The Labute approximate surface area is 146 Å². The second-order valence-corrected chi connectivity index (χ2v) is 6.68. The first-order valence-electron chi connectivity index (χ1n) is 8.50. The molecule has 2 aliphatic heterocycles. The highest BCUT2D eigenvalue weighted by Crippen LogP contribution is 2.37. The number of carbonyl (C=O) groups is 2. The van der Waals surface area contributed by atoms with Gasteiger partial charge in [-0.1, -0.05) is 36.4 Å². The monoisotopic (exact) mass is 336 g/mol. The number of nitrogens with zero attached hydrogens (tertiary/aromatic N) is 2. The Morgan fingerprint density at radius 1 is 1.08 bits per heavy atom. The van der Waals surface area contributed by atoms with Gasteiger partial charge in [-0.25, -0.2) is 0 Å². The summed E-state index contributed by atoms with van der Waals surface area (Å²) < 4.78 is 0. The van der Waals surface area contributed by atoms with Crippen molar-refractivity contribution >= 4 is 17.5 Å². The molecule has 0 aliphatic carbocycles. The second kappa shape index (κ2) is 6.01. The number of para-hydroxylation sites is 1. The maximum atomic E-state index is 13.3. The molecule has 0 saturated carbocycles. The number of likely N-dealkylation sites (N-methyl/N-ethyl adjacent to an activating group) is 1. The fourth-order valence-electron chi connectivity index (χ4n) is 3.83. The third kappa shape index (κ3) is 2.51. The number of carbonyl (C=O) groups excluding carboxylic acids is 2.